The quantitative estimate of drug-likeness (QED) is 0.778. The average molecular weight is 214 g/mol. The molecule has 1 unspecified atom stereocenters. The molecule has 0 aromatic carbocycles. The molecule has 1 saturated carbocycles. The molecule has 2 rings (SSSR count). The molecule has 0 radical (unpaired) electrons. The number of rotatable bonds is 4. The summed E-state index contributed by atoms with van der Waals surface area (Å²) in [5.41, 5.74) is 0.202. The van der Waals surface area contributed by atoms with Crippen LogP contribution in [0.2, 0.25) is 0 Å². The van der Waals surface area contributed by atoms with E-state index >= 15 is 0 Å². The molecule has 1 N–H and O–H groups in total. The van der Waals surface area contributed by atoms with Crippen LogP contribution in [0.25, 0.3) is 0 Å². The molecule has 0 aromatic rings. The molecule has 3 heteroatoms. The molecule has 0 aromatic heterocycles. The zero-order chi connectivity index (χ0) is 10.9. The summed E-state index contributed by atoms with van der Waals surface area (Å²) in [5.74, 6) is 0. The first-order chi connectivity index (χ1) is 7.16. The maximum atomic E-state index is 9.57. The molecule has 0 bridgehead atoms. The molecule has 1 aliphatic heterocycles. The normalized spacial score (nSPS) is 41.8. The van der Waals surface area contributed by atoms with Crippen molar-refractivity contribution in [2.24, 2.45) is 5.41 Å². The lowest BCUT2D eigenvalue weighted by Gasteiger charge is -2.28. The van der Waals surface area contributed by atoms with Crippen LogP contribution in [-0.2, 0) is 9.47 Å². The predicted octanol–water partition coefficient (Wildman–Crippen LogP) is 2.08. The number of hydrogen-bond donors (Lipinski definition) is 1. The highest BCUT2D eigenvalue weighted by atomic mass is 16.7. The Morgan fingerprint density at radius 3 is 3.07 bits per heavy atom. The molecule has 4 atom stereocenters. The van der Waals surface area contributed by atoms with Crippen LogP contribution in [0.3, 0.4) is 0 Å². The van der Waals surface area contributed by atoms with E-state index in [0.717, 1.165) is 19.3 Å². The maximum absolute atomic E-state index is 9.57. The molecule has 3 nitrogen and oxygen atoms in total. The number of aliphatic hydroxyl groups excluding tert-OH is 1. The first kappa shape index (κ1) is 11.4. The predicted molar refractivity (Wildman–Crippen MR) is 57.5 cm³/mol. The van der Waals surface area contributed by atoms with Crippen molar-refractivity contribution in [2.45, 2.75) is 64.4 Å². The van der Waals surface area contributed by atoms with E-state index in [1.54, 1.807) is 0 Å². The van der Waals surface area contributed by atoms with Crippen LogP contribution in [0.4, 0.5) is 0 Å². The molecular weight excluding hydrogens is 192 g/mol. The number of aliphatic hydroxyl groups is 1. The van der Waals surface area contributed by atoms with Crippen LogP contribution in [-0.4, -0.2) is 30.2 Å². The minimum Gasteiger partial charge on any atom is -0.393 e. The molecular formula is C12H22O3. The molecule has 1 saturated heterocycles. The van der Waals surface area contributed by atoms with Gasteiger partial charge in [-0.05, 0) is 33.1 Å². The highest BCUT2D eigenvalue weighted by molar-refractivity contribution is 4.98. The van der Waals surface area contributed by atoms with E-state index in [0.29, 0.717) is 12.7 Å². The van der Waals surface area contributed by atoms with Gasteiger partial charge in [-0.2, -0.15) is 0 Å². The van der Waals surface area contributed by atoms with Crippen molar-refractivity contribution in [3.63, 3.8) is 0 Å². The summed E-state index contributed by atoms with van der Waals surface area (Å²) in [6.45, 7) is 4.58. The second kappa shape index (κ2) is 4.40. The minimum absolute atomic E-state index is 0.0287. The van der Waals surface area contributed by atoms with E-state index in [1.165, 1.54) is 12.8 Å². The van der Waals surface area contributed by atoms with Gasteiger partial charge in [0.15, 0.2) is 6.29 Å². The van der Waals surface area contributed by atoms with Gasteiger partial charge < -0.3 is 14.6 Å². The summed E-state index contributed by atoms with van der Waals surface area (Å²) >= 11 is 0. The first-order valence-electron chi connectivity index (χ1n) is 6.11. The number of hydrogen-bond acceptors (Lipinski definition) is 3. The Hall–Kier alpha value is -0.120. The van der Waals surface area contributed by atoms with E-state index in [2.05, 4.69) is 0 Å². The second-order valence-electron chi connectivity index (χ2n) is 5.02. The van der Waals surface area contributed by atoms with Gasteiger partial charge in [-0.1, -0.05) is 6.42 Å². The second-order valence-corrected chi connectivity index (χ2v) is 5.02. The Morgan fingerprint density at radius 2 is 2.40 bits per heavy atom. The maximum Gasteiger partial charge on any atom is 0.158 e. The van der Waals surface area contributed by atoms with Gasteiger partial charge in [-0.3, -0.25) is 0 Å². The summed E-state index contributed by atoms with van der Waals surface area (Å²) < 4.78 is 11.4. The zero-order valence-electron chi connectivity index (χ0n) is 9.74. The molecule has 0 spiro atoms. The molecule has 2 aliphatic rings. The van der Waals surface area contributed by atoms with Crippen LogP contribution in [0.15, 0.2) is 0 Å². The van der Waals surface area contributed by atoms with Gasteiger partial charge in [-0.25, -0.2) is 0 Å². The molecule has 2 fully saturated rings. The average Bonchev–Trinajstić information content (AvgIpc) is 2.59. The van der Waals surface area contributed by atoms with Gasteiger partial charge in [0.25, 0.3) is 0 Å². The topological polar surface area (TPSA) is 38.7 Å². The van der Waals surface area contributed by atoms with Crippen LogP contribution >= 0.6 is 0 Å². The SMILES string of the molecule is CCO[C@@H]1C[C@]2(CC(C)O)CCC[C@@H]2O1. The monoisotopic (exact) mass is 214 g/mol. The summed E-state index contributed by atoms with van der Waals surface area (Å²) in [6.07, 6.45) is 5.45. The summed E-state index contributed by atoms with van der Waals surface area (Å²) in [5, 5.41) is 9.57. The highest BCUT2D eigenvalue weighted by Gasteiger charge is 2.51. The first-order valence-corrected chi connectivity index (χ1v) is 6.11. The minimum atomic E-state index is -0.227. The number of ether oxygens (including phenoxy) is 2. The van der Waals surface area contributed by atoms with E-state index in [-0.39, 0.29) is 17.8 Å². The zero-order valence-corrected chi connectivity index (χ0v) is 9.74. The summed E-state index contributed by atoms with van der Waals surface area (Å²) in [7, 11) is 0. The lowest BCUT2D eigenvalue weighted by Crippen LogP contribution is -2.29. The highest BCUT2D eigenvalue weighted by Crippen LogP contribution is 2.52. The molecule has 88 valence electrons. The van der Waals surface area contributed by atoms with E-state index in [1.807, 2.05) is 13.8 Å². The van der Waals surface area contributed by atoms with E-state index in [9.17, 15) is 5.11 Å². The van der Waals surface area contributed by atoms with Crippen molar-refractivity contribution in [1.82, 2.24) is 0 Å². The van der Waals surface area contributed by atoms with E-state index < -0.39 is 0 Å². The Morgan fingerprint density at radius 1 is 1.60 bits per heavy atom. The number of fused-ring (bicyclic) bond motifs is 1. The summed E-state index contributed by atoms with van der Waals surface area (Å²) in [6, 6.07) is 0. The van der Waals surface area contributed by atoms with Gasteiger partial charge in [0, 0.05) is 18.4 Å². The van der Waals surface area contributed by atoms with Gasteiger partial charge in [0.1, 0.15) is 0 Å². The lowest BCUT2D eigenvalue weighted by molar-refractivity contribution is -0.131. The Bertz CT molecular complexity index is 217. The fraction of sp³-hybridized carbons (Fsp3) is 1.00. The lowest BCUT2D eigenvalue weighted by atomic mass is 9.78. The van der Waals surface area contributed by atoms with Crippen molar-refractivity contribution in [1.29, 1.82) is 0 Å². The van der Waals surface area contributed by atoms with Gasteiger partial charge in [-0.15, -0.1) is 0 Å². The molecule has 1 heterocycles. The van der Waals surface area contributed by atoms with Gasteiger partial charge in [0.2, 0.25) is 0 Å². The largest absolute Gasteiger partial charge is 0.393 e. The molecule has 1 aliphatic carbocycles. The van der Waals surface area contributed by atoms with Crippen LogP contribution in [0.1, 0.15) is 46.0 Å². The van der Waals surface area contributed by atoms with Crippen molar-refractivity contribution in [3.05, 3.63) is 0 Å². The van der Waals surface area contributed by atoms with Gasteiger partial charge in [0.05, 0.1) is 12.2 Å². The van der Waals surface area contributed by atoms with Crippen molar-refractivity contribution >= 4 is 0 Å². The van der Waals surface area contributed by atoms with E-state index in [4.69, 9.17) is 9.47 Å². The van der Waals surface area contributed by atoms with Crippen LogP contribution < -0.4 is 0 Å². The fourth-order valence-corrected chi connectivity index (χ4v) is 3.31. The van der Waals surface area contributed by atoms with Crippen molar-refractivity contribution in [3.8, 4) is 0 Å². The Balaban J connectivity index is 2.01. The van der Waals surface area contributed by atoms with Crippen LogP contribution in [0, 0.1) is 5.41 Å². The molecule has 0 amide bonds. The van der Waals surface area contributed by atoms with Gasteiger partial charge >= 0.3 is 0 Å². The Labute approximate surface area is 91.8 Å². The van der Waals surface area contributed by atoms with Crippen molar-refractivity contribution in [2.75, 3.05) is 6.61 Å². The Kier molecular flexibility index (Phi) is 3.33. The third-order valence-corrected chi connectivity index (χ3v) is 3.77. The summed E-state index contributed by atoms with van der Waals surface area (Å²) in [4.78, 5) is 0. The smallest absolute Gasteiger partial charge is 0.158 e. The van der Waals surface area contributed by atoms with Crippen molar-refractivity contribution < 1.29 is 14.6 Å². The standard InChI is InChI=1S/C12H22O3/c1-3-14-11-8-12(7-9(2)13)6-4-5-10(12)15-11/h9-11,13H,3-8H2,1-2H3/t9?,10-,11-,12+/m0/s1. The molecule has 15 heavy (non-hydrogen) atoms. The third-order valence-electron chi connectivity index (χ3n) is 3.77. The third kappa shape index (κ3) is 2.19. The fourth-order valence-electron chi connectivity index (χ4n) is 3.31. The van der Waals surface area contributed by atoms with Crippen LogP contribution in [0.5, 0.6) is 0 Å².